The summed E-state index contributed by atoms with van der Waals surface area (Å²) in [6.07, 6.45) is 7.78. The Bertz CT molecular complexity index is 632. The Labute approximate surface area is 120 Å². The molecule has 0 aromatic rings. The molecule has 102 valence electrons. The van der Waals surface area contributed by atoms with Crippen LogP contribution in [0, 0.1) is 0 Å². The van der Waals surface area contributed by atoms with E-state index < -0.39 is 6.67 Å². The van der Waals surface area contributed by atoms with Gasteiger partial charge >= 0.3 is 0 Å². The maximum absolute atomic E-state index is 13.3. The van der Waals surface area contributed by atoms with Gasteiger partial charge in [0.25, 0.3) is 0 Å². The van der Waals surface area contributed by atoms with E-state index in [2.05, 4.69) is 6.07 Å². The lowest BCUT2D eigenvalue weighted by Gasteiger charge is -2.03. The van der Waals surface area contributed by atoms with Crippen molar-refractivity contribution >= 4 is 5.57 Å². The molecule has 0 saturated heterocycles. The minimum atomic E-state index is -0.461. The average molecular weight is 266 g/mol. The molecule has 2 aliphatic rings. The van der Waals surface area contributed by atoms with Crippen molar-refractivity contribution in [1.82, 2.24) is 0 Å². The second kappa shape index (κ2) is 6.85. The van der Waals surface area contributed by atoms with Crippen LogP contribution in [0.3, 0.4) is 0 Å². The van der Waals surface area contributed by atoms with Crippen LogP contribution in [0.15, 0.2) is 72.3 Å². The first-order valence-corrected chi connectivity index (χ1v) is 6.80. The van der Waals surface area contributed by atoms with Crippen molar-refractivity contribution < 1.29 is 4.39 Å². The van der Waals surface area contributed by atoms with Crippen LogP contribution in [-0.4, -0.2) is 6.67 Å². The molecule has 20 heavy (non-hydrogen) atoms. The van der Waals surface area contributed by atoms with Crippen molar-refractivity contribution in [2.75, 3.05) is 6.67 Å². The van der Waals surface area contributed by atoms with Crippen LogP contribution in [0.1, 0.15) is 19.4 Å². The molecule has 0 bridgehead atoms. The van der Waals surface area contributed by atoms with Crippen LogP contribution < -0.4 is 0 Å². The predicted molar refractivity (Wildman–Crippen MR) is 85.6 cm³/mol. The Kier molecular flexibility index (Phi) is 4.89. The van der Waals surface area contributed by atoms with E-state index in [1.165, 1.54) is 5.57 Å². The number of alkyl halides is 1. The molecule has 0 nitrogen and oxygen atoms in total. The third kappa shape index (κ3) is 3.24. The van der Waals surface area contributed by atoms with Crippen molar-refractivity contribution in [3.8, 4) is 11.1 Å². The van der Waals surface area contributed by atoms with Gasteiger partial charge in [0.15, 0.2) is 0 Å². The summed E-state index contributed by atoms with van der Waals surface area (Å²) in [7, 11) is 0. The van der Waals surface area contributed by atoms with Crippen molar-refractivity contribution in [3.05, 3.63) is 77.9 Å². The zero-order chi connectivity index (χ0) is 14.4. The molecule has 0 N–H and O–H groups in total. The minimum Gasteiger partial charge on any atom is -0.246 e. The highest BCUT2D eigenvalue weighted by molar-refractivity contribution is 5.84. The van der Waals surface area contributed by atoms with E-state index in [0.29, 0.717) is 5.57 Å². The molecule has 0 aromatic carbocycles. The van der Waals surface area contributed by atoms with E-state index in [0.717, 1.165) is 16.7 Å². The second-order valence-corrected chi connectivity index (χ2v) is 4.74. The molecule has 0 spiro atoms. The van der Waals surface area contributed by atoms with E-state index >= 15 is 0 Å². The Morgan fingerprint density at radius 1 is 1.10 bits per heavy atom. The Balaban J connectivity index is 2.37. The molecule has 0 radical (unpaired) electrons. The molecular formula is C19H19F. The quantitative estimate of drug-likeness (QED) is 0.626. The van der Waals surface area contributed by atoms with E-state index in [4.69, 9.17) is 0 Å². The Morgan fingerprint density at radius 3 is 2.65 bits per heavy atom. The van der Waals surface area contributed by atoms with Gasteiger partial charge in [-0.2, -0.15) is 0 Å². The lowest BCUT2D eigenvalue weighted by atomic mass is 10.0. The molecule has 0 aliphatic heterocycles. The minimum absolute atomic E-state index is 0.461. The molecule has 0 unspecified atom stereocenters. The summed E-state index contributed by atoms with van der Waals surface area (Å²) in [6, 6.07) is 14.1. The van der Waals surface area contributed by atoms with Crippen LogP contribution in [0.4, 0.5) is 4.39 Å². The molecule has 2 rings (SSSR count). The summed E-state index contributed by atoms with van der Waals surface area (Å²) in [6.45, 7) is 3.55. The summed E-state index contributed by atoms with van der Waals surface area (Å²) >= 11 is 0. The number of hydrogen-bond donors (Lipinski definition) is 0. The summed E-state index contributed by atoms with van der Waals surface area (Å²) in [5.74, 6) is 0. The first kappa shape index (κ1) is 14.3. The van der Waals surface area contributed by atoms with Crippen molar-refractivity contribution in [2.24, 2.45) is 0 Å². The van der Waals surface area contributed by atoms with Crippen molar-refractivity contribution in [1.29, 1.82) is 0 Å². The van der Waals surface area contributed by atoms with Crippen LogP contribution in [0.2, 0.25) is 0 Å². The van der Waals surface area contributed by atoms with E-state index in [1.807, 2.05) is 74.5 Å². The van der Waals surface area contributed by atoms with Crippen LogP contribution >= 0.6 is 0 Å². The molecule has 0 fully saturated rings. The Hall–Kier alpha value is -2.15. The zero-order valence-electron chi connectivity index (χ0n) is 11.9. The highest BCUT2D eigenvalue weighted by atomic mass is 19.1. The third-order valence-corrected chi connectivity index (χ3v) is 3.39. The first-order chi connectivity index (χ1) is 9.76. The SMILES string of the molecule is C/C=C(C)/C=C/C=C(/CF)c1ccc2cccccc1-2. The van der Waals surface area contributed by atoms with Gasteiger partial charge in [-0.15, -0.1) is 0 Å². The van der Waals surface area contributed by atoms with Gasteiger partial charge in [-0.05, 0) is 36.1 Å². The Morgan fingerprint density at radius 2 is 1.90 bits per heavy atom. The highest BCUT2D eigenvalue weighted by Crippen LogP contribution is 2.32. The van der Waals surface area contributed by atoms with E-state index in [1.54, 1.807) is 0 Å². The van der Waals surface area contributed by atoms with Gasteiger partial charge in [0.2, 0.25) is 0 Å². The fourth-order valence-electron chi connectivity index (χ4n) is 2.11. The van der Waals surface area contributed by atoms with Gasteiger partial charge < -0.3 is 0 Å². The maximum atomic E-state index is 13.3. The van der Waals surface area contributed by atoms with Gasteiger partial charge in [0.05, 0.1) is 0 Å². The molecule has 0 amide bonds. The van der Waals surface area contributed by atoms with Crippen molar-refractivity contribution in [2.45, 2.75) is 13.8 Å². The predicted octanol–water partition coefficient (Wildman–Crippen LogP) is 5.67. The van der Waals surface area contributed by atoms with Crippen LogP contribution in [0.5, 0.6) is 0 Å². The number of hydrogen-bond acceptors (Lipinski definition) is 0. The smallest absolute Gasteiger partial charge is 0.115 e. The summed E-state index contributed by atoms with van der Waals surface area (Å²) in [5.41, 5.74) is 5.08. The average Bonchev–Trinajstić information content (AvgIpc) is 2.71. The number of fused-ring (bicyclic) bond motifs is 1. The largest absolute Gasteiger partial charge is 0.246 e. The number of rotatable bonds is 4. The molecule has 0 heterocycles. The molecular weight excluding hydrogens is 247 g/mol. The fraction of sp³-hybridized carbons (Fsp3) is 0.158. The molecule has 1 heteroatoms. The fourth-order valence-corrected chi connectivity index (χ4v) is 2.11. The lowest BCUT2D eigenvalue weighted by molar-refractivity contribution is 0.571. The van der Waals surface area contributed by atoms with Gasteiger partial charge in [-0.25, -0.2) is 4.39 Å². The number of halogens is 1. The molecule has 0 saturated carbocycles. The topological polar surface area (TPSA) is 0 Å². The zero-order valence-corrected chi connectivity index (χ0v) is 11.9. The van der Waals surface area contributed by atoms with Gasteiger partial charge in [-0.1, -0.05) is 72.3 Å². The van der Waals surface area contributed by atoms with Gasteiger partial charge in [-0.3, -0.25) is 0 Å². The summed E-state index contributed by atoms with van der Waals surface area (Å²) in [5, 5.41) is 0. The number of allylic oxidation sites excluding steroid dienone is 6. The molecule has 0 atom stereocenters. The first-order valence-electron chi connectivity index (χ1n) is 6.80. The monoisotopic (exact) mass is 266 g/mol. The lowest BCUT2D eigenvalue weighted by Crippen LogP contribution is -1.85. The third-order valence-electron chi connectivity index (χ3n) is 3.39. The van der Waals surface area contributed by atoms with Crippen LogP contribution in [0.25, 0.3) is 16.7 Å². The van der Waals surface area contributed by atoms with E-state index in [9.17, 15) is 4.39 Å². The molecule has 0 aromatic heterocycles. The summed E-state index contributed by atoms with van der Waals surface area (Å²) < 4.78 is 13.3. The highest BCUT2D eigenvalue weighted by Gasteiger charge is 2.10. The second-order valence-electron chi connectivity index (χ2n) is 4.74. The van der Waals surface area contributed by atoms with Gasteiger partial charge in [0, 0.05) is 0 Å². The normalized spacial score (nSPS) is 13.3. The van der Waals surface area contributed by atoms with E-state index in [-0.39, 0.29) is 0 Å². The molecule has 2 aliphatic carbocycles. The van der Waals surface area contributed by atoms with Crippen LogP contribution in [-0.2, 0) is 0 Å². The van der Waals surface area contributed by atoms with Gasteiger partial charge in [0.1, 0.15) is 6.67 Å². The maximum Gasteiger partial charge on any atom is 0.115 e. The standard InChI is InChI=1S/C19H19F/c1-3-15(2)8-7-10-17(14-20)19-13-12-16-9-5-4-6-11-18(16)19/h3-13H,14H2,1-2H3/b8-7+,15-3+,17-10-. The van der Waals surface area contributed by atoms with Crippen molar-refractivity contribution in [3.63, 3.8) is 0 Å². The summed E-state index contributed by atoms with van der Waals surface area (Å²) in [4.78, 5) is 0.